The first-order valence-electron chi connectivity index (χ1n) is 5.40. The maximum Gasteiger partial charge on any atom is 0.225 e. The molecule has 0 aromatic rings. The summed E-state index contributed by atoms with van der Waals surface area (Å²) >= 11 is 0. The molecule has 1 aliphatic carbocycles. The number of amides is 1. The molecule has 2 nitrogen and oxygen atoms in total. The SMILES string of the molecule is CC1(C)C[C@H]2CCCC[C@@H]2NC1=O.S.S. The Kier molecular flexibility index (Phi) is 5.55. The van der Waals surface area contributed by atoms with Crippen molar-refractivity contribution in [3.05, 3.63) is 0 Å². The van der Waals surface area contributed by atoms with Gasteiger partial charge >= 0.3 is 0 Å². The molecule has 0 radical (unpaired) electrons. The summed E-state index contributed by atoms with van der Waals surface area (Å²) in [4.78, 5) is 11.7. The van der Waals surface area contributed by atoms with Gasteiger partial charge in [0.2, 0.25) is 5.91 Å². The smallest absolute Gasteiger partial charge is 0.225 e. The van der Waals surface area contributed by atoms with Crippen molar-refractivity contribution in [2.75, 3.05) is 0 Å². The Balaban J connectivity index is 0.000000980. The largest absolute Gasteiger partial charge is 0.353 e. The zero-order valence-corrected chi connectivity index (χ0v) is 11.6. The molecule has 2 rings (SSSR count). The molecule has 90 valence electrons. The van der Waals surface area contributed by atoms with Gasteiger partial charge in [-0.2, -0.15) is 27.0 Å². The van der Waals surface area contributed by atoms with Crippen LogP contribution in [0.25, 0.3) is 0 Å². The highest BCUT2D eigenvalue weighted by molar-refractivity contribution is 7.59. The highest BCUT2D eigenvalue weighted by Gasteiger charge is 2.41. The van der Waals surface area contributed by atoms with Crippen LogP contribution in [0.5, 0.6) is 0 Å². The average Bonchev–Trinajstić information content (AvgIpc) is 2.06. The summed E-state index contributed by atoms with van der Waals surface area (Å²) in [6.45, 7) is 4.13. The van der Waals surface area contributed by atoms with Crippen LogP contribution in [-0.2, 0) is 4.79 Å². The quantitative estimate of drug-likeness (QED) is 0.701. The van der Waals surface area contributed by atoms with Crippen LogP contribution >= 0.6 is 27.0 Å². The van der Waals surface area contributed by atoms with Gasteiger partial charge in [0.05, 0.1) is 0 Å². The molecule has 2 aliphatic rings. The van der Waals surface area contributed by atoms with E-state index in [9.17, 15) is 4.79 Å². The van der Waals surface area contributed by atoms with Crippen molar-refractivity contribution in [1.29, 1.82) is 0 Å². The third kappa shape index (κ3) is 3.06. The number of carbonyl (C=O) groups excluding carboxylic acids is 1. The Morgan fingerprint density at radius 2 is 1.80 bits per heavy atom. The lowest BCUT2D eigenvalue weighted by Gasteiger charge is -2.43. The van der Waals surface area contributed by atoms with Crippen molar-refractivity contribution in [2.24, 2.45) is 11.3 Å². The average molecular weight is 249 g/mol. The molecule has 2 fully saturated rings. The van der Waals surface area contributed by atoms with E-state index in [1.165, 1.54) is 25.7 Å². The lowest BCUT2D eigenvalue weighted by molar-refractivity contribution is -0.135. The predicted octanol–water partition coefficient (Wildman–Crippen LogP) is 2.32. The number of hydrogen-bond donors (Lipinski definition) is 1. The van der Waals surface area contributed by atoms with Crippen molar-refractivity contribution in [3.63, 3.8) is 0 Å². The van der Waals surface area contributed by atoms with Crippen LogP contribution in [0.15, 0.2) is 0 Å². The standard InChI is InChI=1S/C11H19NO.2H2S/c1-11(2)7-8-5-3-4-6-9(8)12-10(11)13;;/h8-9H,3-7H2,1-2H3,(H,12,13);2*1H2/t8-,9+;;/m1../s1. The summed E-state index contributed by atoms with van der Waals surface area (Å²) in [7, 11) is 0. The molecule has 0 aromatic carbocycles. The minimum absolute atomic E-state index is 0. The van der Waals surface area contributed by atoms with Gasteiger partial charge in [0, 0.05) is 11.5 Å². The van der Waals surface area contributed by atoms with E-state index in [1.54, 1.807) is 0 Å². The molecule has 1 saturated carbocycles. The Hall–Kier alpha value is 0.170. The van der Waals surface area contributed by atoms with Crippen LogP contribution in [0.4, 0.5) is 0 Å². The number of carbonyl (C=O) groups is 1. The highest BCUT2D eigenvalue weighted by atomic mass is 32.1. The molecule has 1 heterocycles. The monoisotopic (exact) mass is 249 g/mol. The first kappa shape index (κ1) is 15.2. The fourth-order valence-electron chi connectivity index (χ4n) is 2.75. The number of rotatable bonds is 0. The van der Waals surface area contributed by atoms with Crippen molar-refractivity contribution >= 4 is 32.9 Å². The molecule has 2 atom stereocenters. The van der Waals surface area contributed by atoms with Crippen LogP contribution < -0.4 is 5.32 Å². The Labute approximate surface area is 106 Å². The summed E-state index contributed by atoms with van der Waals surface area (Å²) in [6, 6.07) is 0.495. The van der Waals surface area contributed by atoms with E-state index < -0.39 is 0 Å². The minimum atomic E-state index is -0.126. The third-order valence-corrected chi connectivity index (χ3v) is 3.61. The van der Waals surface area contributed by atoms with Crippen molar-refractivity contribution in [1.82, 2.24) is 5.32 Å². The molecule has 15 heavy (non-hydrogen) atoms. The first-order valence-corrected chi connectivity index (χ1v) is 5.40. The number of fused-ring (bicyclic) bond motifs is 1. The predicted molar refractivity (Wildman–Crippen MR) is 73.0 cm³/mol. The van der Waals surface area contributed by atoms with Crippen LogP contribution in [0, 0.1) is 11.3 Å². The van der Waals surface area contributed by atoms with Crippen LogP contribution in [0.2, 0.25) is 0 Å². The number of hydrogen-bond acceptors (Lipinski definition) is 1. The topological polar surface area (TPSA) is 29.1 Å². The Bertz CT molecular complexity index is 231. The fraction of sp³-hybridized carbons (Fsp3) is 0.909. The second-order valence-electron chi connectivity index (χ2n) is 5.21. The van der Waals surface area contributed by atoms with Gasteiger partial charge in [-0.3, -0.25) is 4.79 Å². The van der Waals surface area contributed by atoms with Crippen molar-refractivity contribution in [3.8, 4) is 0 Å². The number of nitrogens with one attached hydrogen (secondary N) is 1. The zero-order valence-electron chi connectivity index (χ0n) is 9.60. The summed E-state index contributed by atoms with van der Waals surface area (Å²) in [5.41, 5.74) is -0.126. The molecule has 0 aromatic heterocycles. The molecule has 1 N–H and O–H groups in total. The van der Waals surface area contributed by atoms with E-state index >= 15 is 0 Å². The second-order valence-corrected chi connectivity index (χ2v) is 5.21. The van der Waals surface area contributed by atoms with Gasteiger partial charge in [0.25, 0.3) is 0 Å². The van der Waals surface area contributed by atoms with Gasteiger partial charge in [-0.15, -0.1) is 0 Å². The van der Waals surface area contributed by atoms with E-state index in [0.29, 0.717) is 6.04 Å². The maximum absolute atomic E-state index is 11.7. The second kappa shape index (κ2) is 5.48. The van der Waals surface area contributed by atoms with Crippen LogP contribution in [-0.4, -0.2) is 11.9 Å². The van der Waals surface area contributed by atoms with E-state index in [1.807, 2.05) is 0 Å². The van der Waals surface area contributed by atoms with Crippen LogP contribution in [0.3, 0.4) is 0 Å². The Morgan fingerprint density at radius 3 is 2.47 bits per heavy atom. The maximum atomic E-state index is 11.7. The summed E-state index contributed by atoms with van der Waals surface area (Å²) in [5, 5.41) is 3.17. The van der Waals surface area contributed by atoms with Gasteiger partial charge in [-0.1, -0.05) is 26.7 Å². The lowest BCUT2D eigenvalue weighted by atomic mass is 9.70. The molecule has 1 aliphatic heterocycles. The molecule has 0 bridgehead atoms. The highest BCUT2D eigenvalue weighted by Crippen LogP contribution is 2.38. The van der Waals surface area contributed by atoms with Gasteiger partial charge in [0.15, 0.2) is 0 Å². The summed E-state index contributed by atoms with van der Waals surface area (Å²) in [6.07, 6.45) is 6.25. The van der Waals surface area contributed by atoms with Gasteiger partial charge < -0.3 is 5.32 Å². The molecule has 4 heteroatoms. The van der Waals surface area contributed by atoms with Crippen molar-refractivity contribution < 1.29 is 4.79 Å². The van der Waals surface area contributed by atoms with Gasteiger partial charge in [-0.25, -0.2) is 0 Å². The van der Waals surface area contributed by atoms with E-state index in [4.69, 9.17) is 0 Å². The van der Waals surface area contributed by atoms with E-state index in [2.05, 4.69) is 19.2 Å². The third-order valence-electron chi connectivity index (χ3n) is 3.61. The lowest BCUT2D eigenvalue weighted by Crippen LogP contribution is -2.54. The van der Waals surface area contributed by atoms with E-state index in [0.717, 1.165) is 12.3 Å². The molecule has 1 amide bonds. The van der Waals surface area contributed by atoms with Gasteiger partial charge in [-0.05, 0) is 25.2 Å². The normalized spacial score (nSPS) is 32.8. The van der Waals surface area contributed by atoms with Crippen molar-refractivity contribution in [2.45, 2.75) is 52.0 Å². The first-order chi connectivity index (χ1) is 6.09. The van der Waals surface area contributed by atoms with E-state index in [-0.39, 0.29) is 38.3 Å². The summed E-state index contributed by atoms with van der Waals surface area (Å²) in [5.74, 6) is 1.01. The van der Waals surface area contributed by atoms with Crippen LogP contribution in [0.1, 0.15) is 46.0 Å². The summed E-state index contributed by atoms with van der Waals surface area (Å²) < 4.78 is 0. The number of piperidine rings is 1. The Morgan fingerprint density at radius 1 is 1.20 bits per heavy atom. The molecule has 0 unspecified atom stereocenters. The molecular weight excluding hydrogens is 226 g/mol. The van der Waals surface area contributed by atoms with Gasteiger partial charge in [0.1, 0.15) is 0 Å². The minimum Gasteiger partial charge on any atom is -0.353 e. The molecule has 1 saturated heterocycles. The molecular formula is C11H23NOS2. The fourth-order valence-corrected chi connectivity index (χ4v) is 2.75. The zero-order chi connectivity index (χ0) is 9.47. The molecule has 0 spiro atoms.